The fourth-order valence-electron chi connectivity index (χ4n) is 11.0. The second-order valence-electron chi connectivity index (χ2n) is 19.6. The van der Waals surface area contributed by atoms with Crippen LogP contribution in [0.4, 0.5) is 0 Å². The van der Waals surface area contributed by atoms with Gasteiger partial charge in [0, 0.05) is 58.3 Å². The topological polar surface area (TPSA) is 236 Å². The average molecular weight is 989 g/mol. The van der Waals surface area contributed by atoms with Gasteiger partial charge in [-0.15, -0.1) is 0 Å². The Balaban J connectivity index is 1.14. The summed E-state index contributed by atoms with van der Waals surface area (Å²) in [5, 5.41) is 63.5. The van der Waals surface area contributed by atoms with Gasteiger partial charge in [0.15, 0.2) is 22.7 Å². The molecule has 0 radical (unpaired) electrons. The number of nitriles is 6. The molecular weight excluding hydrogens is 953 g/mol. The van der Waals surface area contributed by atoms with Crippen molar-refractivity contribution in [3.63, 3.8) is 0 Å². The zero-order chi connectivity index (χ0) is 53.9. The third kappa shape index (κ3) is 6.66. The molecule has 0 N–H and O–H groups in total. The van der Waals surface area contributed by atoms with Crippen molar-refractivity contribution in [3.05, 3.63) is 175 Å². The van der Waals surface area contributed by atoms with E-state index >= 15 is 0 Å². The highest BCUT2D eigenvalue weighted by Crippen LogP contribution is 2.52. The molecule has 76 heavy (non-hydrogen) atoms. The maximum Gasteiger partial charge on any atom is 0.261 e. The van der Waals surface area contributed by atoms with Crippen molar-refractivity contribution in [1.29, 1.82) is 31.6 Å². The van der Waals surface area contributed by atoms with Crippen LogP contribution in [0.2, 0.25) is 0 Å². The number of fused-ring (bicyclic) bond motifs is 2. The first-order chi connectivity index (χ1) is 36.4. The minimum absolute atomic E-state index is 0.0690. The molecule has 4 amide bonds. The van der Waals surface area contributed by atoms with Crippen LogP contribution >= 0.6 is 0 Å². The molecule has 0 atom stereocenters. The van der Waals surface area contributed by atoms with E-state index in [9.17, 15) is 50.7 Å². The van der Waals surface area contributed by atoms with E-state index in [2.05, 4.69) is 12.1 Å². The second-order valence-corrected chi connectivity index (χ2v) is 19.6. The van der Waals surface area contributed by atoms with Crippen LogP contribution < -0.4 is 0 Å². The number of imide groups is 2. The van der Waals surface area contributed by atoms with Gasteiger partial charge in [0.05, 0.1) is 0 Å². The summed E-state index contributed by atoms with van der Waals surface area (Å²) in [7, 11) is 2.90. The summed E-state index contributed by atoms with van der Waals surface area (Å²) in [4.78, 5) is 59.0. The number of carbonyl (C=O) groups is 4. The SMILES string of the molecule is CN1C(=O)c2ccc3c4c(-c5ccc(/C=C/C6=C(C#N)C(=C(C#N)C#N)OC6(C)C)cc5)cc5c6c(ccc(c7c(-c8ccc(/C=C/C9=C(C#N)C(=C(C#N)C#N)OC9(C)C)cc8)cc(c2c37)C1=O)c64)C(=O)N(C)C5=O. The third-order valence-corrected chi connectivity index (χ3v) is 14.7. The smallest absolute Gasteiger partial charge is 0.261 e. The molecule has 0 aromatic heterocycles. The second kappa shape index (κ2) is 16.8. The Kier molecular flexibility index (Phi) is 10.5. The van der Waals surface area contributed by atoms with Gasteiger partial charge in [0.2, 0.25) is 0 Å². The van der Waals surface area contributed by atoms with Crippen LogP contribution in [0.15, 0.2) is 142 Å². The summed E-state index contributed by atoms with van der Waals surface area (Å²) in [5.74, 6) is -2.03. The molecule has 4 aliphatic heterocycles. The van der Waals surface area contributed by atoms with Gasteiger partial charge < -0.3 is 9.47 Å². The van der Waals surface area contributed by atoms with Crippen LogP contribution in [0.25, 0.3) is 77.5 Å². The molecule has 0 aliphatic carbocycles. The van der Waals surface area contributed by atoms with Crippen molar-refractivity contribution in [1.82, 2.24) is 9.80 Å². The molecule has 14 heteroatoms. The Morgan fingerprint density at radius 2 is 0.776 bits per heavy atom. The Labute approximate surface area is 434 Å². The molecule has 11 rings (SSSR count). The van der Waals surface area contributed by atoms with Crippen LogP contribution in [0.1, 0.15) is 80.3 Å². The molecule has 0 bridgehead atoms. The highest BCUT2D eigenvalue weighted by atomic mass is 16.5. The Morgan fingerprint density at radius 1 is 0.434 bits per heavy atom. The van der Waals surface area contributed by atoms with Crippen LogP contribution in [-0.2, 0) is 9.47 Å². The van der Waals surface area contributed by atoms with E-state index in [1.807, 2.05) is 84.9 Å². The van der Waals surface area contributed by atoms with E-state index in [0.29, 0.717) is 98.7 Å². The normalized spacial score (nSPS) is 16.4. The number of ether oxygens (including phenoxy) is 2. The molecule has 4 aliphatic rings. The van der Waals surface area contributed by atoms with Crippen LogP contribution in [0.3, 0.4) is 0 Å². The van der Waals surface area contributed by atoms with Crippen molar-refractivity contribution < 1.29 is 28.7 Å². The van der Waals surface area contributed by atoms with Gasteiger partial charge in [-0.1, -0.05) is 85.0 Å². The van der Waals surface area contributed by atoms with Gasteiger partial charge in [-0.2, -0.15) is 31.6 Å². The highest BCUT2D eigenvalue weighted by molar-refractivity contribution is 6.44. The first-order valence-corrected chi connectivity index (χ1v) is 23.7. The monoisotopic (exact) mass is 988 g/mol. The lowest BCUT2D eigenvalue weighted by Gasteiger charge is -2.30. The maximum absolute atomic E-state index is 14.4. The summed E-state index contributed by atoms with van der Waals surface area (Å²) in [6.07, 6.45) is 7.04. The first kappa shape index (κ1) is 47.4. The third-order valence-electron chi connectivity index (χ3n) is 14.7. The largest absolute Gasteiger partial charge is 0.480 e. The molecule has 0 saturated heterocycles. The van der Waals surface area contributed by atoms with E-state index in [-0.39, 0.29) is 33.8 Å². The molecular formula is C62H36N8O6. The number of hydrogen-bond donors (Lipinski definition) is 0. The Morgan fingerprint density at radius 3 is 1.11 bits per heavy atom. The van der Waals surface area contributed by atoms with Gasteiger partial charge in [-0.05, 0) is 118 Å². The Bertz CT molecular complexity index is 4130. The van der Waals surface area contributed by atoms with Gasteiger partial charge in [0.25, 0.3) is 23.6 Å². The molecule has 0 fully saturated rings. The summed E-state index contributed by atoms with van der Waals surface area (Å²) >= 11 is 0. The van der Waals surface area contributed by atoms with Crippen LogP contribution in [0, 0.1) is 68.0 Å². The molecule has 0 unspecified atom stereocenters. The van der Waals surface area contributed by atoms with Gasteiger partial charge in [-0.25, -0.2) is 0 Å². The van der Waals surface area contributed by atoms with Gasteiger partial charge >= 0.3 is 0 Å². The summed E-state index contributed by atoms with van der Waals surface area (Å²) in [6.45, 7) is 6.97. The van der Waals surface area contributed by atoms with Crippen LogP contribution in [0.5, 0.6) is 0 Å². The fourth-order valence-corrected chi connectivity index (χ4v) is 11.0. The molecule has 7 aromatic carbocycles. The van der Waals surface area contributed by atoms with Crippen molar-refractivity contribution in [2.75, 3.05) is 14.1 Å². The minimum atomic E-state index is -1.02. The molecule has 360 valence electrons. The highest BCUT2D eigenvalue weighted by Gasteiger charge is 2.41. The lowest BCUT2D eigenvalue weighted by molar-refractivity contribution is 0.0635. The Hall–Kier alpha value is -10.9. The van der Waals surface area contributed by atoms with Crippen molar-refractivity contribution in [2.45, 2.75) is 38.9 Å². The van der Waals surface area contributed by atoms with Gasteiger partial charge in [0.1, 0.15) is 58.8 Å². The number of benzene rings is 7. The van der Waals surface area contributed by atoms with E-state index in [1.165, 1.54) is 14.1 Å². The minimum Gasteiger partial charge on any atom is -0.480 e. The average Bonchev–Trinajstić information content (AvgIpc) is 3.85. The number of carbonyl (C=O) groups excluding carboxylic acids is 4. The maximum atomic E-state index is 14.4. The fraction of sp³-hybridized carbons (Fsp3) is 0.129. The molecule has 0 saturated carbocycles. The van der Waals surface area contributed by atoms with Crippen LogP contribution in [-0.4, -0.2) is 58.7 Å². The number of amides is 4. The number of allylic oxidation sites excluding steroid dienone is 4. The quantitative estimate of drug-likeness (QED) is 0.0654. The molecule has 7 aromatic rings. The standard InChI is InChI=1S/C62H36N8O6/c1-61(2)47(45(29-67)55(75-61)35(25-63)26-64)21-11-31-7-13-33(14-8-31)41-23-43-51-39(57(71)69(5)59(43)73)20-18-38-50-42(24-44-52-40(58(72)70(6)60(44)74)19-17-37(54(50)52)49(41)53(38)51)34-15-9-32(10-16-34)12-22-48-46(30-68)56(36(27-65)28-66)76-62(48,3)4/h7-24H,1-6H3/b21-11+,22-12+. The van der Waals surface area contributed by atoms with E-state index in [0.717, 1.165) is 20.9 Å². The van der Waals surface area contributed by atoms with Gasteiger partial charge in [-0.3, -0.25) is 29.0 Å². The van der Waals surface area contributed by atoms with Crippen molar-refractivity contribution in [3.8, 4) is 58.7 Å². The molecule has 14 nitrogen and oxygen atoms in total. The number of hydrogen-bond acceptors (Lipinski definition) is 12. The lowest BCUT2D eigenvalue weighted by Crippen LogP contribution is -2.37. The lowest BCUT2D eigenvalue weighted by atomic mass is 9.78. The summed E-state index contributed by atoms with van der Waals surface area (Å²) < 4.78 is 11.9. The summed E-state index contributed by atoms with van der Waals surface area (Å²) in [6, 6.07) is 37.3. The molecule has 0 spiro atoms. The summed E-state index contributed by atoms with van der Waals surface area (Å²) in [5.41, 5.74) is 3.99. The first-order valence-electron chi connectivity index (χ1n) is 23.7. The van der Waals surface area contributed by atoms with Crippen molar-refractivity contribution >= 4 is 78.9 Å². The number of rotatable bonds is 6. The predicted octanol–water partition coefficient (Wildman–Crippen LogP) is 11.4. The predicted molar refractivity (Wildman–Crippen MR) is 282 cm³/mol. The van der Waals surface area contributed by atoms with E-state index in [1.54, 1.807) is 76.3 Å². The number of nitrogens with zero attached hydrogens (tertiary/aromatic N) is 8. The zero-order valence-electron chi connectivity index (χ0n) is 41.4. The van der Waals surface area contributed by atoms with E-state index in [4.69, 9.17) is 9.47 Å². The zero-order valence-corrected chi connectivity index (χ0v) is 41.4. The van der Waals surface area contributed by atoms with E-state index < -0.39 is 34.8 Å². The van der Waals surface area contributed by atoms with Crippen molar-refractivity contribution in [2.24, 2.45) is 0 Å². The molecule has 4 heterocycles.